The standard InChI is InChI=1S/C14H14ClN5O3/c1-9-5-12(21)20-14(17-13(18-20)23-8-22-2)19(9)7-10-3-4-11(15)16-6-10/h3-6H,7-8H2,1-2H3. The molecule has 120 valence electrons. The maximum Gasteiger partial charge on any atom is 0.339 e. The van der Waals surface area contributed by atoms with E-state index in [1.165, 1.54) is 17.7 Å². The first-order valence-electron chi connectivity index (χ1n) is 6.78. The van der Waals surface area contributed by atoms with Gasteiger partial charge in [-0.2, -0.15) is 9.50 Å². The largest absolute Gasteiger partial charge is 0.435 e. The van der Waals surface area contributed by atoms with Gasteiger partial charge in [-0.15, -0.1) is 5.10 Å². The van der Waals surface area contributed by atoms with Crippen molar-refractivity contribution >= 4 is 17.4 Å². The van der Waals surface area contributed by atoms with Crippen LogP contribution in [-0.4, -0.2) is 38.1 Å². The molecule has 9 heteroatoms. The molecule has 8 nitrogen and oxygen atoms in total. The molecule has 0 unspecified atom stereocenters. The van der Waals surface area contributed by atoms with Crippen LogP contribution in [0.25, 0.3) is 5.78 Å². The number of ether oxygens (including phenoxy) is 2. The van der Waals surface area contributed by atoms with Crippen LogP contribution in [-0.2, 0) is 11.3 Å². The van der Waals surface area contributed by atoms with Gasteiger partial charge in [-0.25, -0.2) is 4.98 Å². The first-order valence-corrected chi connectivity index (χ1v) is 7.15. The molecule has 0 aliphatic carbocycles. The predicted octanol–water partition coefficient (Wildman–Crippen LogP) is 1.28. The Labute approximate surface area is 136 Å². The molecule has 0 N–H and O–H groups in total. The zero-order valence-corrected chi connectivity index (χ0v) is 13.3. The third kappa shape index (κ3) is 3.17. The van der Waals surface area contributed by atoms with E-state index in [1.807, 2.05) is 17.6 Å². The minimum absolute atomic E-state index is 0.00512. The van der Waals surface area contributed by atoms with Crippen molar-refractivity contribution in [2.75, 3.05) is 13.9 Å². The molecular weight excluding hydrogens is 322 g/mol. The van der Waals surface area contributed by atoms with Crippen molar-refractivity contribution in [3.63, 3.8) is 0 Å². The van der Waals surface area contributed by atoms with E-state index >= 15 is 0 Å². The summed E-state index contributed by atoms with van der Waals surface area (Å²) in [5.74, 6) is 0.385. The van der Waals surface area contributed by atoms with Crippen LogP contribution >= 0.6 is 11.6 Å². The average molecular weight is 336 g/mol. The van der Waals surface area contributed by atoms with Gasteiger partial charge in [-0.05, 0) is 18.6 Å². The molecule has 3 aromatic rings. The molecule has 23 heavy (non-hydrogen) atoms. The summed E-state index contributed by atoms with van der Waals surface area (Å²) in [6.07, 6.45) is 1.68. The Hall–Kier alpha value is -2.45. The molecule has 0 saturated heterocycles. The minimum Gasteiger partial charge on any atom is -0.435 e. The lowest BCUT2D eigenvalue weighted by molar-refractivity contribution is 0.0444. The Morgan fingerprint density at radius 1 is 1.35 bits per heavy atom. The van der Waals surface area contributed by atoms with Gasteiger partial charge in [0.1, 0.15) is 5.15 Å². The fraction of sp³-hybridized carbons (Fsp3) is 0.286. The molecule has 0 fully saturated rings. The van der Waals surface area contributed by atoms with Gasteiger partial charge in [-0.1, -0.05) is 17.7 Å². The number of hydrogen-bond acceptors (Lipinski definition) is 6. The van der Waals surface area contributed by atoms with E-state index in [9.17, 15) is 4.79 Å². The summed E-state index contributed by atoms with van der Waals surface area (Å²) < 4.78 is 13.1. The maximum atomic E-state index is 12.1. The van der Waals surface area contributed by atoms with E-state index < -0.39 is 0 Å². The van der Waals surface area contributed by atoms with Gasteiger partial charge in [0.05, 0.1) is 6.54 Å². The zero-order valence-electron chi connectivity index (χ0n) is 12.6. The number of methoxy groups -OCH3 is 1. The minimum atomic E-state index is -0.275. The third-order valence-electron chi connectivity index (χ3n) is 3.21. The van der Waals surface area contributed by atoms with Crippen molar-refractivity contribution < 1.29 is 9.47 Å². The second-order valence-corrected chi connectivity index (χ2v) is 5.24. The number of pyridine rings is 1. The van der Waals surface area contributed by atoms with Gasteiger partial charge in [0.2, 0.25) is 5.78 Å². The average Bonchev–Trinajstić information content (AvgIpc) is 2.96. The lowest BCUT2D eigenvalue weighted by Gasteiger charge is -2.11. The van der Waals surface area contributed by atoms with E-state index in [0.717, 1.165) is 11.3 Å². The fourth-order valence-corrected chi connectivity index (χ4v) is 2.25. The van der Waals surface area contributed by atoms with E-state index in [2.05, 4.69) is 15.1 Å². The molecule has 0 radical (unpaired) electrons. The SMILES string of the molecule is COCOc1nc2n(Cc3ccc(Cl)nc3)c(C)cc(=O)n2n1. The van der Waals surface area contributed by atoms with Gasteiger partial charge < -0.3 is 14.0 Å². The van der Waals surface area contributed by atoms with Crippen molar-refractivity contribution in [1.29, 1.82) is 0 Å². The number of halogens is 1. The van der Waals surface area contributed by atoms with Crippen molar-refractivity contribution in [3.8, 4) is 6.01 Å². The first kappa shape index (κ1) is 15.4. The molecule has 0 amide bonds. The molecule has 0 aliphatic rings. The number of aromatic nitrogens is 5. The van der Waals surface area contributed by atoms with Crippen LogP contribution < -0.4 is 10.3 Å². The molecule has 3 rings (SSSR count). The van der Waals surface area contributed by atoms with E-state index in [-0.39, 0.29) is 18.4 Å². The van der Waals surface area contributed by atoms with Crippen molar-refractivity contribution in [1.82, 2.24) is 24.1 Å². The second-order valence-electron chi connectivity index (χ2n) is 4.86. The summed E-state index contributed by atoms with van der Waals surface area (Å²) >= 11 is 5.80. The quantitative estimate of drug-likeness (QED) is 0.516. The van der Waals surface area contributed by atoms with Gasteiger partial charge in [-0.3, -0.25) is 4.79 Å². The molecule has 3 aromatic heterocycles. The molecule has 0 spiro atoms. The van der Waals surface area contributed by atoms with Crippen LogP contribution in [0.1, 0.15) is 11.3 Å². The van der Waals surface area contributed by atoms with Crippen molar-refractivity contribution in [2.24, 2.45) is 0 Å². The highest BCUT2D eigenvalue weighted by molar-refractivity contribution is 6.29. The summed E-state index contributed by atoms with van der Waals surface area (Å²) in [5, 5.41) is 4.46. The Morgan fingerprint density at radius 2 is 2.17 bits per heavy atom. The van der Waals surface area contributed by atoms with Gasteiger partial charge >= 0.3 is 6.01 Å². The van der Waals surface area contributed by atoms with Crippen LogP contribution in [0.15, 0.2) is 29.2 Å². The summed E-state index contributed by atoms with van der Waals surface area (Å²) in [7, 11) is 1.49. The monoisotopic (exact) mass is 335 g/mol. The highest BCUT2D eigenvalue weighted by atomic mass is 35.5. The normalized spacial score (nSPS) is 11.1. The molecule has 0 atom stereocenters. The molecule has 0 saturated carbocycles. The van der Waals surface area contributed by atoms with Crippen molar-refractivity contribution in [3.05, 3.63) is 51.2 Å². The van der Waals surface area contributed by atoms with Gasteiger partial charge in [0.25, 0.3) is 5.56 Å². The highest BCUT2D eigenvalue weighted by Gasteiger charge is 2.13. The number of hydrogen-bond donors (Lipinski definition) is 0. The van der Waals surface area contributed by atoms with Crippen molar-refractivity contribution in [2.45, 2.75) is 13.5 Å². The lowest BCUT2D eigenvalue weighted by atomic mass is 10.3. The Bertz CT molecular complexity index is 888. The Morgan fingerprint density at radius 3 is 2.87 bits per heavy atom. The zero-order chi connectivity index (χ0) is 16.4. The third-order valence-corrected chi connectivity index (χ3v) is 3.44. The van der Waals surface area contributed by atoms with Crippen LogP contribution in [0, 0.1) is 6.92 Å². The molecule has 3 heterocycles. The van der Waals surface area contributed by atoms with Crippen LogP contribution in [0.4, 0.5) is 0 Å². The Kier molecular flexibility index (Phi) is 4.26. The summed E-state index contributed by atoms with van der Waals surface area (Å²) in [6.45, 7) is 2.31. The second kappa shape index (κ2) is 6.35. The topological polar surface area (TPSA) is 83.5 Å². The van der Waals surface area contributed by atoms with E-state index in [4.69, 9.17) is 21.1 Å². The molecule has 0 bridgehead atoms. The predicted molar refractivity (Wildman–Crippen MR) is 82.8 cm³/mol. The van der Waals surface area contributed by atoms with Crippen LogP contribution in [0.2, 0.25) is 5.15 Å². The highest BCUT2D eigenvalue weighted by Crippen LogP contribution is 2.12. The number of fused-ring (bicyclic) bond motifs is 1. The van der Waals surface area contributed by atoms with E-state index in [0.29, 0.717) is 17.5 Å². The van der Waals surface area contributed by atoms with Gasteiger partial charge in [0, 0.05) is 25.1 Å². The Balaban J connectivity index is 2.05. The summed E-state index contributed by atoms with van der Waals surface area (Å²) in [4.78, 5) is 20.4. The number of rotatable bonds is 5. The molecule has 0 aromatic carbocycles. The van der Waals surface area contributed by atoms with Gasteiger partial charge in [0.15, 0.2) is 6.79 Å². The fourth-order valence-electron chi connectivity index (χ4n) is 2.13. The molecular formula is C14H14ClN5O3. The first-order chi connectivity index (χ1) is 11.1. The summed E-state index contributed by atoms with van der Waals surface area (Å²) in [5.41, 5.74) is 1.40. The lowest BCUT2D eigenvalue weighted by Crippen LogP contribution is -2.20. The molecule has 0 aliphatic heterocycles. The number of nitrogens with zero attached hydrogens (tertiary/aromatic N) is 5. The number of aryl methyl sites for hydroxylation is 1. The van der Waals surface area contributed by atoms with Crippen LogP contribution in [0.5, 0.6) is 6.01 Å². The maximum absolute atomic E-state index is 12.1. The summed E-state index contributed by atoms with van der Waals surface area (Å²) in [6, 6.07) is 5.15. The van der Waals surface area contributed by atoms with E-state index in [1.54, 1.807) is 12.3 Å². The van der Waals surface area contributed by atoms with Crippen LogP contribution in [0.3, 0.4) is 0 Å². The smallest absolute Gasteiger partial charge is 0.339 e.